The highest BCUT2D eigenvalue weighted by molar-refractivity contribution is 5.94. The van der Waals surface area contributed by atoms with E-state index < -0.39 is 0 Å². The molecule has 0 saturated carbocycles. The molecule has 0 unspecified atom stereocenters. The molecule has 21 heavy (non-hydrogen) atoms. The zero-order valence-electron chi connectivity index (χ0n) is 12.5. The Kier molecular flexibility index (Phi) is 4.59. The summed E-state index contributed by atoms with van der Waals surface area (Å²) in [4.78, 5) is 12.2. The molecule has 1 aliphatic carbocycles. The van der Waals surface area contributed by atoms with Crippen molar-refractivity contribution in [2.24, 2.45) is 0 Å². The topological polar surface area (TPSA) is 38.3 Å². The van der Waals surface area contributed by atoms with E-state index in [1.807, 2.05) is 18.2 Å². The molecule has 2 aliphatic rings. The molecule has 112 valence electrons. The molecule has 0 spiro atoms. The fourth-order valence-electron chi connectivity index (χ4n) is 3.07. The van der Waals surface area contributed by atoms with Gasteiger partial charge in [0.05, 0.1) is 6.61 Å². The minimum absolute atomic E-state index is 0.0276. The minimum Gasteiger partial charge on any atom is -0.493 e. The maximum absolute atomic E-state index is 12.2. The van der Waals surface area contributed by atoms with Gasteiger partial charge in [-0.05, 0) is 68.7 Å². The van der Waals surface area contributed by atoms with Gasteiger partial charge < -0.3 is 10.1 Å². The third-order valence-electron chi connectivity index (χ3n) is 4.29. The van der Waals surface area contributed by atoms with Crippen LogP contribution in [0.3, 0.4) is 0 Å². The van der Waals surface area contributed by atoms with Gasteiger partial charge >= 0.3 is 0 Å². The third kappa shape index (κ3) is 3.66. The predicted octanol–water partition coefficient (Wildman–Crippen LogP) is 3.63. The number of ether oxygens (including phenoxy) is 1. The fourth-order valence-corrected chi connectivity index (χ4v) is 3.07. The summed E-state index contributed by atoms with van der Waals surface area (Å²) in [7, 11) is 0. The van der Waals surface area contributed by atoms with Gasteiger partial charge in [-0.15, -0.1) is 0 Å². The summed E-state index contributed by atoms with van der Waals surface area (Å²) < 4.78 is 5.58. The maximum atomic E-state index is 12.2. The lowest BCUT2D eigenvalue weighted by molar-refractivity contribution is 0.0954. The summed E-state index contributed by atoms with van der Waals surface area (Å²) in [6.07, 6.45) is 10.4. The first-order valence-corrected chi connectivity index (χ1v) is 8.05. The highest BCUT2D eigenvalue weighted by Crippen LogP contribution is 2.25. The number of benzene rings is 1. The smallest absolute Gasteiger partial charge is 0.251 e. The highest BCUT2D eigenvalue weighted by Gasteiger charge is 2.13. The first-order valence-electron chi connectivity index (χ1n) is 8.05. The zero-order chi connectivity index (χ0) is 14.5. The molecule has 1 N–H and O–H groups in total. The number of hydrogen-bond acceptors (Lipinski definition) is 2. The Morgan fingerprint density at radius 1 is 1.19 bits per heavy atom. The Balaban J connectivity index is 1.54. The molecule has 1 amide bonds. The van der Waals surface area contributed by atoms with Crippen LogP contribution < -0.4 is 10.1 Å². The lowest BCUT2D eigenvalue weighted by Crippen LogP contribution is -2.25. The second kappa shape index (κ2) is 6.79. The van der Waals surface area contributed by atoms with Crippen molar-refractivity contribution in [3.8, 4) is 5.75 Å². The lowest BCUT2D eigenvalue weighted by Gasteiger charge is -2.18. The SMILES string of the molecule is O=C(NCCC1=CCCCC1)c1ccc2c(c1)CCCO2. The van der Waals surface area contributed by atoms with Crippen LogP contribution in [0.1, 0.15) is 54.4 Å². The average molecular weight is 285 g/mol. The second-order valence-electron chi connectivity index (χ2n) is 5.89. The molecule has 0 saturated heterocycles. The molecule has 3 rings (SSSR count). The molecule has 1 aromatic rings. The van der Waals surface area contributed by atoms with Crippen molar-refractivity contribution in [2.45, 2.75) is 44.9 Å². The highest BCUT2D eigenvalue weighted by atomic mass is 16.5. The van der Waals surface area contributed by atoms with Gasteiger partial charge in [-0.2, -0.15) is 0 Å². The number of carbonyl (C=O) groups is 1. The summed E-state index contributed by atoms with van der Waals surface area (Å²) in [5.41, 5.74) is 3.40. The Hall–Kier alpha value is -1.77. The summed E-state index contributed by atoms with van der Waals surface area (Å²) in [6, 6.07) is 5.76. The third-order valence-corrected chi connectivity index (χ3v) is 4.29. The van der Waals surface area contributed by atoms with E-state index in [9.17, 15) is 4.79 Å². The maximum Gasteiger partial charge on any atom is 0.251 e. The van der Waals surface area contributed by atoms with Gasteiger partial charge in [-0.25, -0.2) is 0 Å². The standard InChI is InChI=1S/C18H23NO2/c20-18(19-11-10-14-5-2-1-3-6-14)16-8-9-17-15(13-16)7-4-12-21-17/h5,8-9,13H,1-4,6-7,10-12H2,(H,19,20). The van der Waals surface area contributed by atoms with Gasteiger partial charge in [0.1, 0.15) is 5.75 Å². The van der Waals surface area contributed by atoms with Gasteiger partial charge in [-0.1, -0.05) is 11.6 Å². The molecular weight excluding hydrogens is 262 g/mol. The van der Waals surface area contributed by atoms with Gasteiger partial charge in [0.25, 0.3) is 5.91 Å². The summed E-state index contributed by atoms with van der Waals surface area (Å²) >= 11 is 0. The number of aryl methyl sites for hydroxylation is 1. The second-order valence-corrected chi connectivity index (χ2v) is 5.89. The van der Waals surface area contributed by atoms with Crippen molar-refractivity contribution in [3.05, 3.63) is 41.0 Å². The number of allylic oxidation sites excluding steroid dienone is 1. The van der Waals surface area contributed by atoms with Crippen LogP contribution in [0.4, 0.5) is 0 Å². The van der Waals surface area contributed by atoms with Crippen LogP contribution in [0.25, 0.3) is 0 Å². The van der Waals surface area contributed by atoms with Crippen LogP contribution in [-0.2, 0) is 6.42 Å². The monoisotopic (exact) mass is 285 g/mol. The first kappa shape index (κ1) is 14.2. The number of carbonyl (C=O) groups excluding carboxylic acids is 1. The van der Waals surface area contributed by atoms with Crippen LogP contribution in [0.5, 0.6) is 5.75 Å². The molecule has 0 atom stereocenters. The summed E-state index contributed by atoms with van der Waals surface area (Å²) in [5.74, 6) is 0.963. The van der Waals surface area contributed by atoms with Gasteiger partial charge in [-0.3, -0.25) is 4.79 Å². The van der Waals surface area contributed by atoms with Crippen LogP contribution in [0, 0.1) is 0 Å². The average Bonchev–Trinajstić information content (AvgIpc) is 2.55. The van der Waals surface area contributed by atoms with Gasteiger partial charge in [0.2, 0.25) is 0 Å². The van der Waals surface area contributed by atoms with Crippen molar-refractivity contribution in [1.82, 2.24) is 5.32 Å². The number of amides is 1. The van der Waals surface area contributed by atoms with Crippen molar-refractivity contribution < 1.29 is 9.53 Å². The van der Waals surface area contributed by atoms with Crippen molar-refractivity contribution in [1.29, 1.82) is 0 Å². The fraction of sp³-hybridized carbons (Fsp3) is 0.500. The van der Waals surface area contributed by atoms with Crippen LogP contribution in [0.15, 0.2) is 29.8 Å². The van der Waals surface area contributed by atoms with E-state index in [0.29, 0.717) is 0 Å². The molecule has 1 aliphatic heterocycles. The lowest BCUT2D eigenvalue weighted by atomic mass is 9.97. The number of nitrogens with one attached hydrogen (secondary N) is 1. The number of rotatable bonds is 4. The number of hydrogen-bond donors (Lipinski definition) is 1. The van der Waals surface area contributed by atoms with E-state index in [2.05, 4.69) is 11.4 Å². The Bertz CT molecular complexity index is 548. The molecular formula is C18H23NO2. The van der Waals surface area contributed by atoms with E-state index in [-0.39, 0.29) is 5.91 Å². The molecule has 0 aromatic heterocycles. The molecule has 1 aromatic carbocycles. The molecule has 0 fully saturated rings. The largest absolute Gasteiger partial charge is 0.493 e. The van der Waals surface area contributed by atoms with Crippen molar-refractivity contribution in [2.75, 3.05) is 13.2 Å². The molecule has 3 heteroatoms. The van der Waals surface area contributed by atoms with E-state index in [4.69, 9.17) is 4.74 Å². The zero-order valence-corrected chi connectivity index (χ0v) is 12.5. The van der Waals surface area contributed by atoms with Gasteiger partial charge in [0.15, 0.2) is 0 Å². The Labute approximate surface area is 126 Å². The molecule has 1 heterocycles. The number of fused-ring (bicyclic) bond motifs is 1. The first-order chi connectivity index (χ1) is 10.3. The molecule has 3 nitrogen and oxygen atoms in total. The summed E-state index contributed by atoms with van der Waals surface area (Å²) in [5, 5.41) is 3.03. The summed E-state index contributed by atoms with van der Waals surface area (Å²) in [6.45, 7) is 1.52. The molecule has 0 bridgehead atoms. The van der Waals surface area contributed by atoms with Crippen molar-refractivity contribution in [3.63, 3.8) is 0 Å². The van der Waals surface area contributed by atoms with E-state index >= 15 is 0 Å². The Morgan fingerprint density at radius 2 is 2.14 bits per heavy atom. The van der Waals surface area contributed by atoms with E-state index in [1.54, 1.807) is 0 Å². The van der Waals surface area contributed by atoms with Crippen LogP contribution in [0.2, 0.25) is 0 Å². The van der Waals surface area contributed by atoms with E-state index in [0.717, 1.165) is 49.3 Å². The minimum atomic E-state index is 0.0276. The van der Waals surface area contributed by atoms with E-state index in [1.165, 1.54) is 31.3 Å². The quantitative estimate of drug-likeness (QED) is 0.858. The normalized spacial score (nSPS) is 17.4. The van der Waals surface area contributed by atoms with Gasteiger partial charge in [0, 0.05) is 12.1 Å². The van der Waals surface area contributed by atoms with Crippen LogP contribution >= 0.6 is 0 Å². The molecule has 0 radical (unpaired) electrons. The van der Waals surface area contributed by atoms with Crippen molar-refractivity contribution >= 4 is 5.91 Å². The Morgan fingerprint density at radius 3 is 3.00 bits per heavy atom. The van der Waals surface area contributed by atoms with Crippen LogP contribution in [-0.4, -0.2) is 19.1 Å². The predicted molar refractivity (Wildman–Crippen MR) is 83.8 cm³/mol.